The predicted molar refractivity (Wildman–Crippen MR) is 128 cm³/mol. The van der Waals surface area contributed by atoms with Gasteiger partial charge in [-0.05, 0) is 65.7 Å². The second-order valence-electron chi connectivity index (χ2n) is 10.4. The summed E-state index contributed by atoms with van der Waals surface area (Å²) in [6.45, 7) is 9.80. The van der Waals surface area contributed by atoms with Crippen LogP contribution in [0.3, 0.4) is 0 Å². The van der Waals surface area contributed by atoms with Crippen molar-refractivity contribution in [1.29, 1.82) is 0 Å². The molecule has 2 unspecified atom stereocenters. The Labute approximate surface area is 187 Å². The van der Waals surface area contributed by atoms with Crippen LogP contribution in [-0.4, -0.2) is 5.97 Å². The van der Waals surface area contributed by atoms with Crippen LogP contribution >= 0.6 is 0 Å². The van der Waals surface area contributed by atoms with Crippen molar-refractivity contribution in [2.45, 2.75) is 60.0 Å². The molecule has 2 atom stereocenters. The van der Waals surface area contributed by atoms with Crippen LogP contribution in [-0.2, 0) is 11.3 Å². The highest BCUT2D eigenvalue weighted by Gasteiger charge is 2.69. The van der Waals surface area contributed by atoms with Gasteiger partial charge in [0.2, 0.25) is 0 Å². The minimum Gasteiger partial charge on any atom is -0.457 e. The van der Waals surface area contributed by atoms with Crippen LogP contribution in [0.5, 0.6) is 0 Å². The Morgan fingerprint density at radius 2 is 1.71 bits per heavy atom. The van der Waals surface area contributed by atoms with E-state index in [2.05, 4.69) is 45.9 Å². The Balaban J connectivity index is 1.39. The first-order valence-electron chi connectivity index (χ1n) is 11.4. The van der Waals surface area contributed by atoms with Crippen molar-refractivity contribution in [2.24, 2.45) is 16.2 Å². The molecule has 0 saturated heterocycles. The van der Waals surface area contributed by atoms with E-state index >= 15 is 0 Å². The van der Waals surface area contributed by atoms with Crippen molar-refractivity contribution in [1.82, 2.24) is 0 Å². The molecule has 4 rings (SSSR count). The van der Waals surface area contributed by atoms with Gasteiger partial charge in [0.15, 0.2) is 0 Å². The van der Waals surface area contributed by atoms with Crippen molar-refractivity contribution in [3.63, 3.8) is 0 Å². The number of hydrogen-bond acceptors (Lipinski definition) is 2. The molecule has 2 aromatic rings. The van der Waals surface area contributed by atoms with Crippen molar-refractivity contribution >= 4 is 12.0 Å². The Hall–Kier alpha value is -2.61. The van der Waals surface area contributed by atoms with Crippen LogP contribution in [0.25, 0.3) is 6.08 Å². The predicted octanol–water partition coefficient (Wildman–Crippen LogP) is 7.61. The number of carbonyl (C=O) groups is 1. The smallest absolute Gasteiger partial charge is 0.338 e. The van der Waals surface area contributed by atoms with E-state index in [0.29, 0.717) is 28.4 Å². The zero-order valence-electron chi connectivity index (χ0n) is 19.3. The standard InChI is InChI=1S/C29H34O2/c1-22(15-18-29-21-28(29,4)17-8-16-27(29,2)3)19-23-11-13-25(14-12-23)26(30)31-20-24-9-6-5-7-10-24/h5-7,9-15,18-19H,8,16-17,20-21H2,1-4H3/b18-15?,22-19+. The average Bonchev–Trinajstić information content (AvgIpc) is 3.39. The molecule has 0 N–H and O–H groups in total. The molecule has 2 aromatic carbocycles. The maximum atomic E-state index is 12.3. The lowest BCUT2D eigenvalue weighted by molar-refractivity contribution is 0.0472. The lowest BCUT2D eigenvalue weighted by atomic mass is 9.63. The van der Waals surface area contributed by atoms with Gasteiger partial charge in [-0.3, -0.25) is 0 Å². The van der Waals surface area contributed by atoms with Crippen molar-refractivity contribution in [3.8, 4) is 0 Å². The average molecular weight is 415 g/mol. The van der Waals surface area contributed by atoms with Crippen LogP contribution in [0.1, 0.15) is 74.9 Å². The molecule has 0 spiro atoms. The van der Waals surface area contributed by atoms with Gasteiger partial charge in [0.25, 0.3) is 0 Å². The molecular formula is C29H34O2. The molecule has 0 aliphatic heterocycles. The van der Waals surface area contributed by atoms with Gasteiger partial charge in [0, 0.05) is 0 Å². The van der Waals surface area contributed by atoms with Gasteiger partial charge in [-0.2, -0.15) is 0 Å². The molecule has 0 heterocycles. The second kappa shape index (κ2) is 8.15. The summed E-state index contributed by atoms with van der Waals surface area (Å²) in [6.07, 6.45) is 12.3. The normalized spacial score (nSPS) is 27.0. The number of allylic oxidation sites excluding steroid dienone is 3. The molecule has 2 saturated carbocycles. The zero-order chi connectivity index (χ0) is 22.1. The molecule has 0 aromatic heterocycles. The monoisotopic (exact) mass is 414 g/mol. The molecule has 0 radical (unpaired) electrons. The fraction of sp³-hybridized carbons (Fsp3) is 0.414. The van der Waals surface area contributed by atoms with E-state index in [1.165, 1.54) is 31.3 Å². The molecule has 2 fully saturated rings. The second-order valence-corrected chi connectivity index (χ2v) is 10.4. The first-order valence-corrected chi connectivity index (χ1v) is 11.4. The van der Waals surface area contributed by atoms with E-state index in [4.69, 9.17) is 4.74 Å². The highest BCUT2D eigenvalue weighted by atomic mass is 16.5. The van der Waals surface area contributed by atoms with E-state index in [1.54, 1.807) is 0 Å². The quantitative estimate of drug-likeness (QED) is 0.359. The lowest BCUT2D eigenvalue weighted by Crippen LogP contribution is -2.32. The number of ether oxygens (including phenoxy) is 1. The highest BCUT2D eigenvalue weighted by molar-refractivity contribution is 5.89. The third-order valence-corrected chi connectivity index (χ3v) is 7.74. The van der Waals surface area contributed by atoms with Gasteiger partial charge in [-0.25, -0.2) is 4.79 Å². The first kappa shape index (κ1) is 21.6. The summed E-state index contributed by atoms with van der Waals surface area (Å²) in [5, 5.41) is 0. The third-order valence-electron chi connectivity index (χ3n) is 7.74. The number of carbonyl (C=O) groups excluding carboxylic acids is 1. The largest absolute Gasteiger partial charge is 0.457 e. The number of fused-ring (bicyclic) bond motifs is 1. The van der Waals surface area contributed by atoms with Gasteiger partial charge in [-0.15, -0.1) is 0 Å². The Morgan fingerprint density at radius 3 is 2.39 bits per heavy atom. The molecular weight excluding hydrogens is 380 g/mol. The summed E-state index contributed by atoms with van der Waals surface area (Å²) in [5.41, 5.74) is 5.11. The topological polar surface area (TPSA) is 26.3 Å². The minimum atomic E-state index is -0.289. The van der Waals surface area contributed by atoms with Crippen LogP contribution in [0.4, 0.5) is 0 Å². The van der Waals surface area contributed by atoms with Gasteiger partial charge in [0.05, 0.1) is 5.56 Å². The minimum absolute atomic E-state index is 0.289. The van der Waals surface area contributed by atoms with E-state index in [0.717, 1.165) is 11.1 Å². The summed E-state index contributed by atoms with van der Waals surface area (Å²) >= 11 is 0. The Morgan fingerprint density at radius 1 is 1.00 bits per heavy atom. The molecule has 2 aliphatic carbocycles. The fourth-order valence-corrected chi connectivity index (χ4v) is 5.67. The van der Waals surface area contributed by atoms with E-state index < -0.39 is 0 Å². The van der Waals surface area contributed by atoms with Crippen LogP contribution in [0.2, 0.25) is 0 Å². The number of esters is 1. The van der Waals surface area contributed by atoms with Gasteiger partial charge in [0.1, 0.15) is 6.61 Å². The molecule has 2 heteroatoms. The van der Waals surface area contributed by atoms with Crippen molar-refractivity contribution in [3.05, 3.63) is 89.0 Å². The molecule has 31 heavy (non-hydrogen) atoms. The number of rotatable bonds is 6. The van der Waals surface area contributed by atoms with E-state index in [1.807, 2.05) is 54.6 Å². The Kier molecular flexibility index (Phi) is 5.68. The molecule has 2 aliphatic rings. The third kappa shape index (κ3) is 4.26. The highest BCUT2D eigenvalue weighted by Crippen LogP contribution is 2.78. The molecule has 0 amide bonds. The van der Waals surface area contributed by atoms with E-state index in [-0.39, 0.29) is 5.97 Å². The SMILES string of the molecule is C/C(C=CC12CC1(C)CCCC2(C)C)=C\c1ccc(C(=O)OCc2ccccc2)cc1. The first-order chi connectivity index (χ1) is 14.7. The van der Waals surface area contributed by atoms with Crippen LogP contribution in [0, 0.1) is 16.2 Å². The summed E-state index contributed by atoms with van der Waals surface area (Å²) in [5.74, 6) is -0.289. The van der Waals surface area contributed by atoms with E-state index in [9.17, 15) is 4.79 Å². The number of benzene rings is 2. The van der Waals surface area contributed by atoms with Crippen LogP contribution in [0.15, 0.2) is 72.3 Å². The van der Waals surface area contributed by atoms with Crippen LogP contribution < -0.4 is 0 Å². The van der Waals surface area contributed by atoms with Gasteiger partial charge in [-0.1, -0.05) is 93.5 Å². The molecule has 2 nitrogen and oxygen atoms in total. The fourth-order valence-electron chi connectivity index (χ4n) is 5.67. The summed E-state index contributed by atoms with van der Waals surface area (Å²) in [6, 6.07) is 17.4. The molecule has 0 bridgehead atoms. The molecule has 162 valence electrons. The zero-order valence-corrected chi connectivity index (χ0v) is 19.3. The number of hydrogen-bond donors (Lipinski definition) is 0. The van der Waals surface area contributed by atoms with Gasteiger partial charge >= 0.3 is 5.97 Å². The maximum absolute atomic E-state index is 12.3. The summed E-state index contributed by atoms with van der Waals surface area (Å²) < 4.78 is 5.42. The van der Waals surface area contributed by atoms with Gasteiger partial charge < -0.3 is 4.74 Å². The van der Waals surface area contributed by atoms with Crippen molar-refractivity contribution < 1.29 is 9.53 Å². The summed E-state index contributed by atoms with van der Waals surface area (Å²) in [4.78, 5) is 12.3. The lowest BCUT2D eigenvalue weighted by Gasteiger charge is -2.41. The summed E-state index contributed by atoms with van der Waals surface area (Å²) in [7, 11) is 0. The van der Waals surface area contributed by atoms with Crippen molar-refractivity contribution in [2.75, 3.05) is 0 Å². The Bertz CT molecular complexity index is 997. The maximum Gasteiger partial charge on any atom is 0.338 e.